The van der Waals surface area contributed by atoms with Crippen LogP contribution < -0.4 is 5.32 Å². The molecule has 1 aliphatic rings. The van der Waals surface area contributed by atoms with Gasteiger partial charge in [-0.15, -0.1) is 0 Å². The third-order valence-electron chi connectivity index (χ3n) is 5.88. The summed E-state index contributed by atoms with van der Waals surface area (Å²) in [5, 5.41) is 3.45. The van der Waals surface area contributed by atoms with Gasteiger partial charge in [-0.3, -0.25) is 9.36 Å². The molecule has 9 heteroatoms. The van der Waals surface area contributed by atoms with Crippen molar-refractivity contribution in [2.75, 3.05) is 0 Å². The van der Waals surface area contributed by atoms with Crippen LogP contribution in [0.3, 0.4) is 0 Å². The van der Waals surface area contributed by atoms with Gasteiger partial charge in [-0.25, -0.2) is 4.98 Å². The summed E-state index contributed by atoms with van der Waals surface area (Å²) in [5.41, 5.74) is -0.0207. The van der Waals surface area contributed by atoms with Gasteiger partial charge in [0.2, 0.25) is 0 Å². The van der Waals surface area contributed by atoms with Gasteiger partial charge in [0.15, 0.2) is 0 Å². The highest BCUT2D eigenvalue weighted by Crippen LogP contribution is 2.39. The van der Waals surface area contributed by atoms with E-state index >= 15 is 0 Å². The molecule has 1 fully saturated rings. The van der Waals surface area contributed by atoms with Crippen LogP contribution in [0.15, 0.2) is 42.5 Å². The van der Waals surface area contributed by atoms with E-state index in [0.717, 1.165) is 38.2 Å². The van der Waals surface area contributed by atoms with Crippen molar-refractivity contribution in [3.63, 3.8) is 0 Å². The van der Waals surface area contributed by atoms with E-state index in [9.17, 15) is 18.0 Å². The van der Waals surface area contributed by atoms with Crippen molar-refractivity contribution in [2.24, 2.45) is 0 Å². The highest BCUT2D eigenvalue weighted by atomic mass is 35.5. The second kappa shape index (κ2) is 9.39. The number of imidazole rings is 1. The maximum absolute atomic E-state index is 13.9. The fourth-order valence-corrected chi connectivity index (χ4v) is 4.55. The van der Waals surface area contributed by atoms with E-state index in [2.05, 4.69) is 10.3 Å². The first-order chi connectivity index (χ1) is 15.6. The molecule has 4 nitrogen and oxygen atoms in total. The number of benzene rings is 2. The highest BCUT2D eigenvalue weighted by molar-refractivity contribution is 6.31. The molecular weight excluding hydrogens is 474 g/mol. The third-order valence-corrected chi connectivity index (χ3v) is 6.36. The summed E-state index contributed by atoms with van der Waals surface area (Å²) < 4.78 is 43.2. The van der Waals surface area contributed by atoms with E-state index in [-0.39, 0.29) is 28.1 Å². The molecule has 1 N–H and O–H groups in total. The summed E-state index contributed by atoms with van der Waals surface area (Å²) in [6.07, 6.45) is 0.311. The molecule has 0 aliphatic heterocycles. The summed E-state index contributed by atoms with van der Waals surface area (Å²) in [7, 11) is 0. The fraction of sp³-hybridized carbons (Fsp3) is 0.333. The quantitative estimate of drug-likeness (QED) is 0.414. The monoisotopic (exact) mass is 495 g/mol. The molecule has 1 saturated carbocycles. The molecule has 0 atom stereocenters. The summed E-state index contributed by atoms with van der Waals surface area (Å²) in [5.74, 6) is -0.386. The lowest BCUT2D eigenvalue weighted by Crippen LogP contribution is -2.36. The maximum atomic E-state index is 13.9. The first-order valence-electron chi connectivity index (χ1n) is 10.7. The van der Waals surface area contributed by atoms with Gasteiger partial charge in [-0.2, -0.15) is 13.2 Å². The van der Waals surface area contributed by atoms with Gasteiger partial charge in [0.25, 0.3) is 5.91 Å². The Kier molecular flexibility index (Phi) is 6.73. The molecule has 1 aromatic heterocycles. The maximum Gasteiger partial charge on any atom is 0.417 e. The smallest absolute Gasteiger partial charge is 0.348 e. The molecule has 1 heterocycles. The predicted octanol–water partition coefficient (Wildman–Crippen LogP) is 7.24. The second-order valence-corrected chi connectivity index (χ2v) is 9.05. The number of hydrogen-bond donors (Lipinski definition) is 1. The van der Waals surface area contributed by atoms with E-state index in [1.165, 1.54) is 12.1 Å². The van der Waals surface area contributed by atoms with Crippen LogP contribution in [-0.2, 0) is 6.18 Å². The van der Waals surface area contributed by atoms with Crippen molar-refractivity contribution >= 4 is 29.1 Å². The standard InChI is InChI=1S/C24H22Cl2F3N3O/c1-14-21(23(33)30-17-5-3-2-4-6-17)31-22(32(14)18-10-7-15(25)8-11-18)19-12-9-16(26)13-20(19)24(27,28)29/h7-13,17H,2-6H2,1H3,(H,30,33). The Labute approximate surface area is 199 Å². The summed E-state index contributed by atoms with van der Waals surface area (Å²) in [6.45, 7) is 1.67. The van der Waals surface area contributed by atoms with E-state index < -0.39 is 17.6 Å². The zero-order valence-corrected chi connectivity index (χ0v) is 19.4. The molecule has 174 valence electrons. The molecule has 3 aromatic rings. The van der Waals surface area contributed by atoms with Crippen LogP contribution in [-0.4, -0.2) is 21.5 Å². The van der Waals surface area contributed by atoms with Gasteiger partial charge in [-0.1, -0.05) is 42.5 Å². The number of alkyl halides is 3. The number of aromatic nitrogens is 2. The van der Waals surface area contributed by atoms with Crippen molar-refractivity contribution < 1.29 is 18.0 Å². The first-order valence-corrected chi connectivity index (χ1v) is 11.4. The summed E-state index contributed by atoms with van der Waals surface area (Å²) >= 11 is 11.9. The number of carbonyl (C=O) groups is 1. The van der Waals surface area contributed by atoms with Crippen LogP contribution in [0.2, 0.25) is 10.0 Å². The van der Waals surface area contributed by atoms with Crippen molar-refractivity contribution in [1.82, 2.24) is 14.9 Å². The largest absolute Gasteiger partial charge is 0.417 e. The van der Waals surface area contributed by atoms with Gasteiger partial charge >= 0.3 is 6.18 Å². The van der Waals surface area contributed by atoms with Gasteiger partial charge in [0.05, 0.1) is 11.3 Å². The first kappa shape index (κ1) is 23.6. The minimum absolute atomic E-state index is 0.00704. The Morgan fingerprint density at radius 1 is 1.03 bits per heavy atom. The second-order valence-electron chi connectivity index (χ2n) is 8.18. The normalized spacial score (nSPS) is 15.0. The number of nitrogens with one attached hydrogen (secondary N) is 1. The van der Waals surface area contributed by atoms with Gasteiger partial charge in [-0.05, 0) is 62.2 Å². The molecule has 0 saturated heterocycles. The SMILES string of the molecule is Cc1c(C(=O)NC2CCCCC2)nc(-c2ccc(Cl)cc2C(F)(F)F)n1-c1ccc(Cl)cc1. The third kappa shape index (κ3) is 5.04. The molecule has 0 radical (unpaired) electrons. The Morgan fingerprint density at radius 3 is 2.30 bits per heavy atom. The Hall–Kier alpha value is -2.51. The van der Waals surface area contributed by atoms with Crippen LogP contribution >= 0.6 is 23.2 Å². The van der Waals surface area contributed by atoms with Crippen molar-refractivity contribution in [3.8, 4) is 17.1 Å². The van der Waals surface area contributed by atoms with Crippen molar-refractivity contribution in [2.45, 2.75) is 51.2 Å². The van der Waals surface area contributed by atoms with E-state index in [1.54, 1.807) is 35.8 Å². The molecule has 2 aromatic carbocycles. The summed E-state index contributed by atoms with van der Waals surface area (Å²) in [4.78, 5) is 17.5. The van der Waals surface area contributed by atoms with Gasteiger partial charge in [0.1, 0.15) is 11.5 Å². The molecule has 33 heavy (non-hydrogen) atoms. The van der Waals surface area contributed by atoms with Crippen LogP contribution in [0.25, 0.3) is 17.1 Å². The number of nitrogens with zero attached hydrogens (tertiary/aromatic N) is 2. The molecule has 0 spiro atoms. The van der Waals surface area contributed by atoms with Crippen LogP contribution in [0.4, 0.5) is 13.2 Å². The average Bonchev–Trinajstić information content (AvgIpc) is 3.11. The lowest BCUT2D eigenvalue weighted by atomic mass is 9.95. The number of carbonyl (C=O) groups excluding carboxylic acids is 1. The van der Waals surface area contributed by atoms with E-state index in [1.807, 2.05) is 0 Å². The molecule has 4 rings (SSSR count). The zero-order valence-electron chi connectivity index (χ0n) is 17.8. The van der Waals surface area contributed by atoms with Gasteiger partial charge in [0, 0.05) is 27.3 Å². The molecule has 1 aliphatic carbocycles. The number of amides is 1. The Balaban J connectivity index is 1.87. The predicted molar refractivity (Wildman–Crippen MR) is 123 cm³/mol. The lowest BCUT2D eigenvalue weighted by Gasteiger charge is -2.22. The highest BCUT2D eigenvalue weighted by Gasteiger charge is 2.36. The van der Waals surface area contributed by atoms with E-state index in [0.29, 0.717) is 16.4 Å². The zero-order chi connectivity index (χ0) is 23.8. The van der Waals surface area contributed by atoms with Crippen LogP contribution in [0.5, 0.6) is 0 Å². The van der Waals surface area contributed by atoms with Crippen LogP contribution in [0, 0.1) is 6.92 Å². The molecule has 1 amide bonds. The Bertz CT molecular complexity index is 1170. The molecule has 0 bridgehead atoms. The minimum atomic E-state index is -4.66. The number of halogens is 5. The van der Waals surface area contributed by atoms with Crippen LogP contribution in [0.1, 0.15) is 53.8 Å². The van der Waals surface area contributed by atoms with Crippen molar-refractivity contribution in [1.29, 1.82) is 0 Å². The molecular formula is C24H22Cl2F3N3O. The summed E-state index contributed by atoms with van der Waals surface area (Å²) in [6, 6.07) is 10.2. The molecule has 0 unspecified atom stereocenters. The Morgan fingerprint density at radius 2 is 1.67 bits per heavy atom. The van der Waals surface area contributed by atoms with E-state index in [4.69, 9.17) is 23.2 Å². The lowest BCUT2D eigenvalue weighted by molar-refractivity contribution is -0.137. The fourth-order valence-electron chi connectivity index (χ4n) is 4.25. The average molecular weight is 496 g/mol. The topological polar surface area (TPSA) is 46.9 Å². The van der Waals surface area contributed by atoms with Gasteiger partial charge < -0.3 is 5.32 Å². The number of rotatable bonds is 4. The number of hydrogen-bond acceptors (Lipinski definition) is 2. The van der Waals surface area contributed by atoms with Crippen molar-refractivity contribution in [3.05, 3.63) is 69.5 Å². The minimum Gasteiger partial charge on any atom is -0.348 e.